The molecule has 0 unspecified atom stereocenters. The number of hydrogen-bond donors (Lipinski definition) is 2. The highest BCUT2D eigenvalue weighted by Crippen LogP contribution is 2.13. The number of unbranched alkanes of at least 4 members (excludes halogenated alkanes) is 14. The second-order valence-corrected chi connectivity index (χ2v) is 8.77. The van der Waals surface area contributed by atoms with Crippen LogP contribution >= 0.6 is 0 Å². The monoisotopic (exact) mass is 487 g/mol. The highest BCUT2D eigenvalue weighted by molar-refractivity contribution is 5.77. The molecular weight excluding hydrogens is 438 g/mol. The molecule has 8 heteroatoms. The topological polar surface area (TPSA) is 111 Å². The summed E-state index contributed by atoms with van der Waals surface area (Å²) >= 11 is 0. The molecule has 8 nitrogen and oxygen atoms in total. The molecule has 0 saturated carbocycles. The lowest BCUT2D eigenvalue weighted by Gasteiger charge is -2.07. The Bertz CT molecular complexity index is 500. The normalized spacial score (nSPS) is 10.9. The van der Waals surface area contributed by atoms with Gasteiger partial charge in [-0.15, -0.1) is 0 Å². The first-order valence-corrected chi connectivity index (χ1v) is 13.4. The van der Waals surface area contributed by atoms with Crippen LogP contribution in [0.4, 0.5) is 0 Å². The van der Waals surface area contributed by atoms with Crippen LogP contribution in [-0.2, 0) is 28.6 Å². The minimum atomic E-state index is -1.12. The van der Waals surface area contributed by atoms with Gasteiger partial charge >= 0.3 is 11.9 Å². The summed E-state index contributed by atoms with van der Waals surface area (Å²) in [6.07, 6.45) is 19.9. The molecule has 0 aliphatic heterocycles. The number of rotatable bonds is 26. The number of hydrogen-bond acceptors (Lipinski definition) is 6. The zero-order valence-electron chi connectivity index (χ0n) is 21.5. The average Bonchev–Trinajstić information content (AvgIpc) is 2.80. The number of ether oxygens (including phenoxy) is 3. The maximum Gasteiger partial charge on any atom is 0.329 e. The summed E-state index contributed by atoms with van der Waals surface area (Å²) < 4.78 is 15.1. The minimum absolute atomic E-state index is 0.192. The standard InChI is InChI=1S/C26H49NO7/c1-2-3-4-5-6-7-8-9-10-11-12-13-14-15-16-17-26(31)34-21-20-32-19-18-27-24(28)22-33-23-25(29)30/h2-23H2,1H3,(H,27,28)(H,29,30). The lowest BCUT2D eigenvalue weighted by Crippen LogP contribution is -2.31. The van der Waals surface area contributed by atoms with Crippen LogP contribution in [0.15, 0.2) is 0 Å². The lowest BCUT2D eigenvalue weighted by atomic mass is 10.0. The summed E-state index contributed by atoms with van der Waals surface area (Å²) in [6.45, 7) is 2.49. The van der Waals surface area contributed by atoms with Crippen molar-refractivity contribution in [1.29, 1.82) is 0 Å². The van der Waals surface area contributed by atoms with E-state index in [4.69, 9.17) is 14.6 Å². The quantitative estimate of drug-likeness (QED) is 0.130. The third-order valence-corrected chi connectivity index (χ3v) is 5.50. The number of aliphatic carboxylic acids is 1. The van der Waals surface area contributed by atoms with Gasteiger partial charge < -0.3 is 24.6 Å². The van der Waals surface area contributed by atoms with Gasteiger partial charge in [-0.05, 0) is 6.42 Å². The third-order valence-electron chi connectivity index (χ3n) is 5.50. The van der Waals surface area contributed by atoms with Crippen LogP contribution in [0.2, 0.25) is 0 Å². The Morgan fingerprint density at radius 1 is 0.647 bits per heavy atom. The van der Waals surface area contributed by atoms with E-state index in [1.807, 2.05) is 0 Å². The molecule has 0 aliphatic carbocycles. The molecule has 0 aliphatic rings. The molecule has 0 aromatic carbocycles. The van der Waals surface area contributed by atoms with Crippen LogP contribution in [0.25, 0.3) is 0 Å². The summed E-state index contributed by atoms with van der Waals surface area (Å²) in [5.74, 6) is -1.72. The van der Waals surface area contributed by atoms with Gasteiger partial charge in [-0.1, -0.05) is 96.8 Å². The zero-order valence-corrected chi connectivity index (χ0v) is 21.5. The lowest BCUT2D eigenvalue weighted by molar-refractivity contribution is -0.145. The maximum absolute atomic E-state index is 11.7. The van der Waals surface area contributed by atoms with E-state index >= 15 is 0 Å². The molecule has 1 amide bonds. The summed E-state index contributed by atoms with van der Waals surface area (Å²) in [6, 6.07) is 0. The molecule has 0 aromatic rings. The van der Waals surface area contributed by atoms with E-state index in [9.17, 15) is 14.4 Å². The SMILES string of the molecule is CCCCCCCCCCCCCCCCCC(=O)OCCOCCNC(=O)COCC(=O)O. The first-order chi connectivity index (χ1) is 16.6. The second kappa shape index (κ2) is 25.9. The summed E-state index contributed by atoms with van der Waals surface area (Å²) in [5.41, 5.74) is 0. The smallest absolute Gasteiger partial charge is 0.329 e. The molecule has 0 heterocycles. The minimum Gasteiger partial charge on any atom is -0.480 e. The van der Waals surface area contributed by atoms with E-state index in [-0.39, 0.29) is 38.9 Å². The highest BCUT2D eigenvalue weighted by Gasteiger charge is 2.04. The van der Waals surface area contributed by atoms with Crippen LogP contribution < -0.4 is 5.32 Å². The fourth-order valence-electron chi connectivity index (χ4n) is 3.57. The average molecular weight is 488 g/mol. The number of carbonyl (C=O) groups is 3. The van der Waals surface area contributed by atoms with Crippen molar-refractivity contribution in [1.82, 2.24) is 5.32 Å². The Labute approximate surface area is 206 Å². The van der Waals surface area contributed by atoms with Crippen molar-refractivity contribution in [2.45, 2.75) is 110 Å². The van der Waals surface area contributed by atoms with Crippen molar-refractivity contribution in [2.75, 3.05) is 39.6 Å². The molecule has 34 heavy (non-hydrogen) atoms. The highest BCUT2D eigenvalue weighted by atomic mass is 16.6. The number of carbonyl (C=O) groups excluding carboxylic acids is 2. The predicted molar refractivity (Wildman–Crippen MR) is 133 cm³/mol. The Kier molecular flexibility index (Phi) is 24.7. The molecule has 0 atom stereocenters. The van der Waals surface area contributed by atoms with Gasteiger partial charge in [0.05, 0.1) is 13.2 Å². The number of esters is 1. The van der Waals surface area contributed by atoms with E-state index in [1.54, 1.807) is 0 Å². The molecule has 0 fully saturated rings. The molecule has 0 radical (unpaired) electrons. The second-order valence-electron chi connectivity index (χ2n) is 8.77. The van der Waals surface area contributed by atoms with Crippen molar-refractivity contribution < 1.29 is 33.7 Å². The van der Waals surface area contributed by atoms with Crippen molar-refractivity contribution in [3.63, 3.8) is 0 Å². The predicted octanol–water partition coefficient (Wildman–Crippen LogP) is 5.03. The van der Waals surface area contributed by atoms with Crippen LogP contribution in [-0.4, -0.2) is 62.5 Å². The van der Waals surface area contributed by atoms with Gasteiger partial charge in [0.25, 0.3) is 0 Å². The maximum atomic E-state index is 11.7. The first kappa shape index (κ1) is 32.3. The summed E-state index contributed by atoms with van der Waals surface area (Å²) in [5, 5.41) is 10.9. The van der Waals surface area contributed by atoms with E-state index in [2.05, 4.69) is 17.0 Å². The fraction of sp³-hybridized carbons (Fsp3) is 0.885. The Balaban J connectivity index is 3.24. The molecule has 0 bridgehead atoms. The van der Waals surface area contributed by atoms with Gasteiger partial charge in [0.1, 0.15) is 19.8 Å². The molecule has 200 valence electrons. The largest absolute Gasteiger partial charge is 0.480 e. The first-order valence-electron chi connectivity index (χ1n) is 13.4. The van der Waals surface area contributed by atoms with E-state index in [0.29, 0.717) is 6.42 Å². The van der Waals surface area contributed by atoms with Crippen LogP contribution in [0.5, 0.6) is 0 Å². The summed E-state index contributed by atoms with van der Waals surface area (Å²) in [7, 11) is 0. The van der Waals surface area contributed by atoms with Crippen molar-refractivity contribution in [2.24, 2.45) is 0 Å². The van der Waals surface area contributed by atoms with Gasteiger partial charge in [-0.25, -0.2) is 4.79 Å². The zero-order chi connectivity index (χ0) is 25.1. The van der Waals surface area contributed by atoms with Gasteiger partial charge in [-0.2, -0.15) is 0 Å². The summed E-state index contributed by atoms with van der Waals surface area (Å²) in [4.78, 5) is 33.3. The molecule has 0 spiro atoms. The number of carboxylic acid groups (broad SMARTS) is 1. The van der Waals surface area contributed by atoms with Gasteiger partial charge in [0.15, 0.2) is 0 Å². The number of amides is 1. The van der Waals surface area contributed by atoms with Gasteiger partial charge in [0.2, 0.25) is 5.91 Å². The van der Waals surface area contributed by atoms with E-state index in [1.165, 1.54) is 83.5 Å². The molecular formula is C26H49NO7. The van der Waals surface area contributed by atoms with E-state index < -0.39 is 18.5 Å². The molecule has 0 aromatic heterocycles. The molecule has 2 N–H and O–H groups in total. The van der Waals surface area contributed by atoms with Crippen molar-refractivity contribution >= 4 is 17.8 Å². The Morgan fingerprint density at radius 2 is 1.18 bits per heavy atom. The van der Waals surface area contributed by atoms with E-state index in [0.717, 1.165) is 12.8 Å². The molecule has 0 saturated heterocycles. The third kappa shape index (κ3) is 26.6. The Morgan fingerprint density at radius 3 is 1.71 bits per heavy atom. The van der Waals surface area contributed by atoms with Crippen molar-refractivity contribution in [3.8, 4) is 0 Å². The van der Waals surface area contributed by atoms with Crippen LogP contribution in [0.3, 0.4) is 0 Å². The number of carboxylic acids is 1. The Hall–Kier alpha value is -1.67. The van der Waals surface area contributed by atoms with Crippen molar-refractivity contribution in [3.05, 3.63) is 0 Å². The van der Waals surface area contributed by atoms with Crippen LogP contribution in [0, 0.1) is 0 Å². The van der Waals surface area contributed by atoms with Crippen LogP contribution in [0.1, 0.15) is 110 Å². The van der Waals surface area contributed by atoms with Gasteiger partial charge in [-0.3, -0.25) is 9.59 Å². The molecule has 0 rings (SSSR count). The van der Waals surface area contributed by atoms with Gasteiger partial charge in [0, 0.05) is 13.0 Å². The fourth-order valence-corrected chi connectivity index (χ4v) is 3.57. The number of nitrogens with one attached hydrogen (secondary N) is 1.